The van der Waals surface area contributed by atoms with Crippen molar-refractivity contribution in [3.05, 3.63) is 47.9 Å². The number of hydrogen-bond acceptors (Lipinski definition) is 4. The van der Waals surface area contributed by atoms with E-state index in [1.807, 2.05) is 32.3 Å². The molecule has 0 saturated carbocycles. The maximum Gasteiger partial charge on any atom is 0.251 e. The Morgan fingerprint density at radius 2 is 2.25 bits per heavy atom. The first-order valence-electron chi connectivity index (χ1n) is 7.73. The van der Waals surface area contributed by atoms with Crippen LogP contribution in [0.3, 0.4) is 0 Å². The number of hydrogen-bond donors (Lipinski definition) is 3. The minimum atomic E-state index is -0.166. The smallest absolute Gasteiger partial charge is 0.251 e. The highest BCUT2D eigenvalue weighted by atomic mass is 32.2. The average molecular weight is 346 g/mol. The normalized spacial score (nSPS) is 14.9. The van der Waals surface area contributed by atoms with Crippen LogP contribution in [0.15, 0.2) is 45.9 Å². The molecule has 0 unspecified atom stereocenters. The minimum absolute atomic E-state index is 0.0387. The van der Waals surface area contributed by atoms with Gasteiger partial charge in [0.05, 0.1) is 38.3 Å². The number of fused-ring (bicyclic) bond motifs is 1. The summed E-state index contributed by atoms with van der Waals surface area (Å²) in [5, 5.41) is 5.75. The van der Waals surface area contributed by atoms with Gasteiger partial charge in [0.2, 0.25) is 5.91 Å². The molecule has 126 valence electrons. The van der Waals surface area contributed by atoms with Gasteiger partial charge in [-0.05, 0) is 30.3 Å². The summed E-state index contributed by atoms with van der Waals surface area (Å²) in [6, 6.07) is 9.17. The lowest BCUT2D eigenvalue weighted by Crippen LogP contribution is -3.07. The number of carbonyl (C=O) groups is 2. The SMILES string of the molecule is C[NH+](C)[C@H](CNC(=O)c1ccc2c(c1)NC(=O)CS2)c1ccco1. The predicted molar refractivity (Wildman–Crippen MR) is 92.4 cm³/mol. The van der Waals surface area contributed by atoms with Crippen LogP contribution in [0.4, 0.5) is 5.69 Å². The molecule has 1 atom stereocenters. The molecule has 0 aliphatic carbocycles. The third-order valence-corrected chi connectivity index (χ3v) is 5.00. The van der Waals surface area contributed by atoms with Crippen LogP contribution in [-0.2, 0) is 4.79 Å². The third-order valence-electron chi connectivity index (χ3n) is 3.92. The number of likely N-dealkylation sites (N-methyl/N-ethyl adjacent to an activating group) is 1. The van der Waals surface area contributed by atoms with Crippen molar-refractivity contribution >= 4 is 29.3 Å². The number of furan rings is 1. The van der Waals surface area contributed by atoms with Gasteiger partial charge >= 0.3 is 0 Å². The molecule has 1 aromatic carbocycles. The van der Waals surface area contributed by atoms with Crippen LogP contribution in [0.1, 0.15) is 22.2 Å². The molecule has 0 bridgehead atoms. The summed E-state index contributed by atoms with van der Waals surface area (Å²) in [4.78, 5) is 26.1. The molecule has 0 radical (unpaired) electrons. The topological polar surface area (TPSA) is 75.8 Å². The lowest BCUT2D eigenvalue weighted by atomic mass is 10.1. The fourth-order valence-corrected chi connectivity index (χ4v) is 3.39. The Morgan fingerprint density at radius 1 is 1.42 bits per heavy atom. The molecule has 1 aliphatic rings. The number of rotatable bonds is 5. The summed E-state index contributed by atoms with van der Waals surface area (Å²) < 4.78 is 5.46. The summed E-state index contributed by atoms with van der Waals surface area (Å²) in [7, 11) is 4.04. The number of nitrogens with one attached hydrogen (secondary N) is 3. The number of anilines is 1. The Morgan fingerprint density at radius 3 is 2.96 bits per heavy atom. The van der Waals surface area contributed by atoms with Crippen molar-refractivity contribution in [2.24, 2.45) is 0 Å². The second-order valence-corrected chi connectivity index (χ2v) is 6.92. The van der Waals surface area contributed by atoms with Crippen molar-refractivity contribution in [1.82, 2.24) is 5.32 Å². The second-order valence-electron chi connectivity index (χ2n) is 5.90. The molecule has 24 heavy (non-hydrogen) atoms. The number of amides is 2. The van der Waals surface area contributed by atoms with Crippen LogP contribution < -0.4 is 15.5 Å². The summed E-state index contributed by atoms with van der Waals surface area (Å²) in [5.74, 6) is 1.04. The van der Waals surface area contributed by atoms with E-state index in [1.165, 1.54) is 16.7 Å². The Kier molecular flexibility index (Phi) is 4.92. The molecule has 0 fully saturated rings. The van der Waals surface area contributed by atoms with E-state index in [2.05, 4.69) is 10.6 Å². The van der Waals surface area contributed by atoms with E-state index in [0.29, 0.717) is 23.5 Å². The van der Waals surface area contributed by atoms with Crippen LogP contribution >= 0.6 is 11.8 Å². The van der Waals surface area contributed by atoms with Gasteiger partial charge in [-0.25, -0.2) is 0 Å². The molecule has 2 amide bonds. The van der Waals surface area contributed by atoms with Gasteiger partial charge in [0.15, 0.2) is 11.8 Å². The zero-order chi connectivity index (χ0) is 17.1. The van der Waals surface area contributed by atoms with E-state index >= 15 is 0 Å². The number of benzene rings is 1. The summed E-state index contributed by atoms with van der Waals surface area (Å²) in [6.45, 7) is 0.465. The van der Waals surface area contributed by atoms with Crippen molar-refractivity contribution in [3.63, 3.8) is 0 Å². The second kappa shape index (κ2) is 7.11. The maximum absolute atomic E-state index is 12.4. The van der Waals surface area contributed by atoms with Crippen molar-refractivity contribution in [2.45, 2.75) is 10.9 Å². The molecular weight excluding hydrogens is 326 g/mol. The first-order chi connectivity index (χ1) is 11.5. The maximum atomic E-state index is 12.4. The highest BCUT2D eigenvalue weighted by molar-refractivity contribution is 8.00. The Labute approximate surface area is 144 Å². The largest absolute Gasteiger partial charge is 0.463 e. The highest BCUT2D eigenvalue weighted by Crippen LogP contribution is 2.31. The minimum Gasteiger partial charge on any atom is -0.463 e. The molecule has 3 rings (SSSR count). The van der Waals surface area contributed by atoms with Gasteiger partial charge in [0, 0.05) is 10.5 Å². The van der Waals surface area contributed by atoms with Crippen molar-refractivity contribution in [1.29, 1.82) is 0 Å². The van der Waals surface area contributed by atoms with Crippen LogP contribution in [0.2, 0.25) is 0 Å². The van der Waals surface area contributed by atoms with Crippen molar-refractivity contribution in [2.75, 3.05) is 31.7 Å². The van der Waals surface area contributed by atoms with Gasteiger partial charge in [-0.1, -0.05) is 0 Å². The third kappa shape index (κ3) is 3.63. The number of thioether (sulfide) groups is 1. The van der Waals surface area contributed by atoms with E-state index < -0.39 is 0 Å². The van der Waals surface area contributed by atoms with E-state index in [0.717, 1.165) is 10.7 Å². The molecule has 7 heteroatoms. The summed E-state index contributed by atoms with van der Waals surface area (Å²) in [6.07, 6.45) is 1.64. The molecule has 0 saturated heterocycles. The van der Waals surface area contributed by atoms with E-state index in [-0.39, 0.29) is 17.9 Å². The van der Waals surface area contributed by atoms with E-state index in [9.17, 15) is 9.59 Å². The highest BCUT2D eigenvalue weighted by Gasteiger charge is 2.22. The number of carbonyl (C=O) groups excluding carboxylic acids is 2. The Bertz CT molecular complexity index is 744. The fourth-order valence-electron chi connectivity index (χ4n) is 2.60. The van der Waals surface area contributed by atoms with Gasteiger partial charge in [-0.2, -0.15) is 0 Å². The van der Waals surface area contributed by atoms with Crippen LogP contribution in [0, 0.1) is 0 Å². The molecule has 2 aromatic rings. The monoisotopic (exact) mass is 346 g/mol. The molecule has 6 nitrogen and oxygen atoms in total. The van der Waals surface area contributed by atoms with Crippen molar-refractivity contribution < 1.29 is 18.9 Å². The quantitative estimate of drug-likeness (QED) is 0.753. The standard InChI is InChI=1S/C17H19N3O3S/c1-20(2)13(14-4-3-7-23-14)9-18-17(22)11-5-6-15-12(8-11)19-16(21)10-24-15/h3-8,13H,9-10H2,1-2H3,(H,18,22)(H,19,21)/p+1/t13-/m1/s1. The van der Waals surface area contributed by atoms with Gasteiger partial charge in [0.25, 0.3) is 5.91 Å². The Balaban J connectivity index is 1.68. The van der Waals surface area contributed by atoms with Gasteiger partial charge < -0.3 is 20.0 Å². The lowest BCUT2D eigenvalue weighted by molar-refractivity contribution is -0.891. The van der Waals surface area contributed by atoms with Crippen molar-refractivity contribution in [3.8, 4) is 0 Å². The molecular formula is C17H20N3O3S+. The summed E-state index contributed by atoms with van der Waals surface area (Å²) >= 11 is 1.48. The average Bonchev–Trinajstić information content (AvgIpc) is 3.08. The zero-order valence-corrected chi connectivity index (χ0v) is 14.4. The molecule has 1 aromatic heterocycles. The lowest BCUT2D eigenvalue weighted by Gasteiger charge is -2.20. The molecule has 3 N–H and O–H groups in total. The summed E-state index contributed by atoms with van der Waals surface area (Å²) in [5.41, 5.74) is 1.23. The van der Waals surface area contributed by atoms with Gasteiger partial charge in [-0.3, -0.25) is 9.59 Å². The zero-order valence-electron chi connectivity index (χ0n) is 13.6. The van der Waals surface area contributed by atoms with E-state index in [1.54, 1.807) is 18.4 Å². The van der Waals surface area contributed by atoms with Gasteiger partial charge in [-0.15, -0.1) is 11.8 Å². The molecule has 1 aliphatic heterocycles. The molecule has 2 heterocycles. The molecule has 0 spiro atoms. The first kappa shape index (κ1) is 16.6. The van der Waals surface area contributed by atoms with Gasteiger partial charge in [0.1, 0.15) is 0 Å². The van der Waals surface area contributed by atoms with Crippen LogP contribution in [0.5, 0.6) is 0 Å². The van der Waals surface area contributed by atoms with Crippen LogP contribution in [0.25, 0.3) is 0 Å². The number of quaternary nitrogens is 1. The predicted octanol–water partition coefficient (Wildman–Crippen LogP) is 0.939. The first-order valence-corrected chi connectivity index (χ1v) is 8.71. The van der Waals surface area contributed by atoms with Crippen LogP contribution in [-0.4, -0.2) is 38.2 Å². The van der Waals surface area contributed by atoms with E-state index in [4.69, 9.17) is 4.42 Å². The fraction of sp³-hybridized carbons (Fsp3) is 0.294. The Hall–Kier alpha value is -2.25.